The van der Waals surface area contributed by atoms with Gasteiger partial charge in [0.25, 0.3) is 5.91 Å². The highest BCUT2D eigenvalue weighted by molar-refractivity contribution is 5.78. The lowest BCUT2D eigenvalue weighted by Crippen LogP contribution is -2.55. The van der Waals surface area contributed by atoms with Crippen LogP contribution >= 0.6 is 0 Å². The molecule has 2 N–H and O–H groups in total. The van der Waals surface area contributed by atoms with E-state index in [4.69, 9.17) is 9.84 Å². The van der Waals surface area contributed by atoms with Crippen LogP contribution in [0.15, 0.2) is 24.3 Å². The van der Waals surface area contributed by atoms with Gasteiger partial charge < -0.3 is 15.2 Å². The summed E-state index contributed by atoms with van der Waals surface area (Å²) in [6.07, 6.45) is 4.03. The SMILES string of the molecule is CC(C)(C)c1ccccc1OCC(=O)NC1CC(N(CC(=O)O)CC2CC2)C1. The number of hydrogen-bond donors (Lipinski definition) is 2. The molecule has 3 rings (SSSR count). The third kappa shape index (κ3) is 5.71. The normalized spacial score (nSPS) is 21.9. The van der Waals surface area contributed by atoms with Crippen molar-refractivity contribution in [2.24, 2.45) is 5.92 Å². The number of carboxylic acids is 1. The Labute approximate surface area is 167 Å². The van der Waals surface area contributed by atoms with Crippen LogP contribution in [0.3, 0.4) is 0 Å². The number of carbonyl (C=O) groups excluding carboxylic acids is 1. The van der Waals surface area contributed by atoms with E-state index in [2.05, 4.69) is 31.0 Å². The molecule has 28 heavy (non-hydrogen) atoms. The van der Waals surface area contributed by atoms with Crippen molar-refractivity contribution < 1.29 is 19.4 Å². The summed E-state index contributed by atoms with van der Waals surface area (Å²) in [6, 6.07) is 8.18. The van der Waals surface area contributed by atoms with E-state index in [0.29, 0.717) is 5.92 Å². The number of amides is 1. The zero-order valence-electron chi connectivity index (χ0n) is 17.1. The zero-order chi connectivity index (χ0) is 20.3. The van der Waals surface area contributed by atoms with E-state index in [-0.39, 0.29) is 36.6 Å². The first-order valence-electron chi connectivity index (χ1n) is 10.2. The minimum Gasteiger partial charge on any atom is -0.483 e. The van der Waals surface area contributed by atoms with Crippen LogP contribution in [0.4, 0.5) is 0 Å². The smallest absolute Gasteiger partial charge is 0.317 e. The second kappa shape index (κ2) is 8.52. The Bertz CT molecular complexity index is 703. The molecule has 0 aromatic heterocycles. The molecule has 0 radical (unpaired) electrons. The lowest BCUT2D eigenvalue weighted by molar-refractivity contribution is -0.140. The van der Waals surface area contributed by atoms with Crippen molar-refractivity contribution in [1.82, 2.24) is 10.2 Å². The summed E-state index contributed by atoms with van der Waals surface area (Å²) in [5.41, 5.74) is 1.03. The number of carbonyl (C=O) groups is 2. The van der Waals surface area contributed by atoms with Crippen LogP contribution in [-0.2, 0) is 15.0 Å². The summed E-state index contributed by atoms with van der Waals surface area (Å²) in [5, 5.41) is 12.1. The molecule has 6 nitrogen and oxygen atoms in total. The van der Waals surface area contributed by atoms with E-state index >= 15 is 0 Å². The van der Waals surface area contributed by atoms with E-state index in [9.17, 15) is 9.59 Å². The molecule has 1 aromatic rings. The second-order valence-corrected chi connectivity index (χ2v) is 9.19. The van der Waals surface area contributed by atoms with E-state index in [1.807, 2.05) is 24.3 Å². The number of nitrogens with one attached hydrogen (secondary N) is 1. The Hall–Kier alpha value is -2.08. The van der Waals surface area contributed by atoms with Gasteiger partial charge in [-0.3, -0.25) is 14.5 Å². The molecule has 0 aliphatic heterocycles. The van der Waals surface area contributed by atoms with Gasteiger partial charge in [-0.15, -0.1) is 0 Å². The molecule has 0 bridgehead atoms. The van der Waals surface area contributed by atoms with Gasteiger partial charge >= 0.3 is 5.97 Å². The van der Waals surface area contributed by atoms with Gasteiger partial charge in [0, 0.05) is 18.6 Å². The summed E-state index contributed by atoms with van der Waals surface area (Å²) in [6.45, 7) is 7.31. The second-order valence-electron chi connectivity index (χ2n) is 9.19. The Morgan fingerprint density at radius 2 is 1.89 bits per heavy atom. The lowest BCUT2D eigenvalue weighted by atomic mass is 9.85. The predicted octanol–water partition coefficient (Wildman–Crippen LogP) is 2.81. The van der Waals surface area contributed by atoms with Crippen LogP contribution in [0.5, 0.6) is 5.75 Å². The van der Waals surface area contributed by atoms with E-state index < -0.39 is 5.97 Å². The monoisotopic (exact) mass is 388 g/mol. The number of ether oxygens (including phenoxy) is 1. The van der Waals surface area contributed by atoms with Gasteiger partial charge in [0.2, 0.25) is 0 Å². The molecule has 0 heterocycles. The zero-order valence-corrected chi connectivity index (χ0v) is 17.1. The number of aliphatic carboxylic acids is 1. The minimum atomic E-state index is -0.779. The van der Waals surface area contributed by atoms with Crippen LogP contribution in [0, 0.1) is 5.92 Å². The van der Waals surface area contributed by atoms with Gasteiger partial charge in [0.15, 0.2) is 6.61 Å². The molecule has 2 aliphatic carbocycles. The standard InChI is InChI=1S/C22H32N2O4/c1-22(2,3)18-6-4-5-7-19(18)28-14-20(25)23-16-10-17(11-16)24(13-21(26)27)12-15-8-9-15/h4-7,15-17H,8-14H2,1-3H3,(H,23,25)(H,26,27). The topological polar surface area (TPSA) is 78.9 Å². The first-order chi connectivity index (χ1) is 13.2. The van der Waals surface area contributed by atoms with E-state index in [0.717, 1.165) is 30.7 Å². The molecule has 2 aliphatic rings. The fourth-order valence-corrected chi connectivity index (χ4v) is 3.78. The highest BCUT2D eigenvalue weighted by Gasteiger charge is 2.37. The molecule has 0 saturated heterocycles. The molecule has 1 aromatic carbocycles. The molecule has 0 unspecified atom stereocenters. The molecule has 0 atom stereocenters. The van der Waals surface area contributed by atoms with Crippen molar-refractivity contribution >= 4 is 11.9 Å². The fraction of sp³-hybridized carbons (Fsp3) is 0.636. The number of carboxylic acid groups (broad SMARTS) is 1. The summed E-state index contributed by atoms with van der Waals surface area (Å²) in [5.74, 6) is 0.496. The van der Waals surface area contributed by atoms with Crippen molar-refractivity contribution in [3.63, 3.8) is 0 Å². The summed E-state index contributed by atoms with van der Waals surface area (Å²) < 4.78 is 5.78. The van der Waals surface area contributed by atoms with Gasteiger partial charge in [-0.25, -0.2) is 0 Å². The van der Waals surface area contributed by atoms with Crippen molar-refractivity contribution in [3.05, 3.63) is 29.8 Å². The van der Waals surface area contributed by atoms with Gasteiger partial charge in [0.05, 0.1) is 6.54 Å². The van der Waals surface area contributed by atoms with Crippen molar-refractivity contribution in [2.45, 2.75) is 64.0 Å². The molecular formula is C22H32N2O4. The Balaban J connectivity index is 1.44. The Morgan fingerprint density at radius 3 is 2.50 bits per heavy atom. The average Bonchev–Trinajstić information content (AvgIpc) is 3.38. The molecule has 154 valence electrons. The van der Waals surface area contributed by atoms with Crippen molar-refractivity contribution in [1.29, 1.82) is 0 Å². The molecular weight excluding hydrogens is 356 g/mol. The maximum absolute atomic E-state index is 12.3. The molecule has 1 amide bonds. The van der Waals surface area contributed by atoms with Gasteiger partial charge in [-0.1, -0.05) is 39.0 Å². The Morgan fingerprint density at radius 1 is 1.21 bits per heavy atom. The number of nitrogens with zero attached hydrogens (tertiary/aromatic N) is 1. The summed E-state index contributed by atoms with van der Waals surface area (Å²) in [7, 11) is 0. The molecule has 2 fully saturated rings. The van der Waals surface area contributed by atoms with Crippen molar-refractivity contribution in [2.75, 3.05) is 19.7 Å². The van der Waals surface area contributed by atoms with Gasteiger partial charge in [-0.2, -0.15) is 0 Å². The molecule has 6 heteroatoms. The average molecular weight is 389 g/mol. The van der Waals surface area contributed by atoms with Crippen LogP contribution in [0.2, 0.25) is 0 Å². The predicted molar refractivity (Wildman–Crippen MR) is 108 cm³/mol. The van der Waals surface area contributed by atoms with Gasteiger partial charge in [0.1, 0.15) is 5.75 Å². The highest BCUT2D eigenvalue weighted by atomic mass is 16.5. The fourth-order valence-electron chi connectivity index (χ4n) is 3.78. The van der Waals surface area contributed by atoms with E-state index in [1.54, 1.807) is 0 Å². The molecule has 0 spiro atoms. The van der Waals surface area contributed by atoms with Crippen molar-refractivity contribution in [3.8, 4) is 5.75 Å². The number of benzene rings is 1. The third-order valence-corrected chi connectivity index (χ3v) is 5.58. The minimum absolute atomic E-state index is 0.00479. The van der Waals surface area contributed by atoms with Crippen LogP contribution < -0.4 is 10.1 Å². The third-order valence-electron chi connectivity index (χ3n) is 5.58. The highest BCUT2D eigenvalue weighted by Crippen LogP contribution is 2.34. The van der Waals surface area contributed by atoms with Crippen LogP contribution in [0.25, 0.3) is 0 Å². The van der Waals surface area contributed by atoms with Gasteiger partial charge in [-0.05, 0) is 48.6 Å². The largest absolute Gasteiger partial charge is 0.483 e. The number of para-hydroxylation sites is 1. The first-order valence-corrected chi connectivity index (χ1v) is 10.2. The van der Waals surface area contributed by atoms with Crippen LogP contribution in [-0.4, -0.2) is 53.7 Å². The first kappa shape index (κ1) is 20.6. The lowest BCUT2D eigenvalue weighted by Gasteiger charge is -2.42. The number of rotatable bonds is 9. The summed E-state index contributed by atoms with van der Waals surface area (Å²) >= 11 is 0. The quantitative estimate of drug-likeness (QED) is 0.680. The number of hydrogen-bond acceptors (Lipinski definition) is 4. The van der Waals surface area contributed by atoms with E-state index in [1.165, 1.54) is 12.8 Å². The molecule has 2 saturated carbocycles. The Kier molecular flexibility index (Phi) is 6.28. The maximum Gasteiger partial charge on any atom is 0.317 e. The summed E-state index contributed by atoms with van der Waals surface area (Å²) in [4.78, 5) is 25.5. The maximum atomic E-state index is 12.3. The van der Waals surface area contributed by atoms with Crippen LogP contribution in [0.1, 0.15) is 52.0 Å².